The number of amides is 2. The van der Waals surface area contributed by atoms with Gasteiger partial charge in [-0.25, -0.2) is 0 Å². The third-order valence-corrected chi connectivity index (χ3v) is 5.55. The van der Waals surface area contributed by atoms with Crippen molar-refractivity contribution < 1.29 is 14.3 Å². The summed E-state index contributed by atoms with van der Waals surface area (Å²) in [7, 11) is 0. The van der Waals surface area contributed by atoms with Crippen LogP contribution in [0.4, 0.5) is 5.69 Å². The zero-order valence-electron chi connectivity index (χ0n) is 18.4. The molecule has 30 heavy (non-hydrogen) atoms. The summed E-state index contributed by atoms with van der Waals surface area (Å²) in [5.41, 5.74) is 2.48. The number of hydrogen-bond donors (Lipinski definition) is 1. The van der Waals surface area contributed by atoms with Crippen molar-refractivity contribution in [3.63, 3.8) is 0 Å². The number of anilines is 1. The average Bonchev–Trinajstić information content (AvgIpc) is 2.72. The van der Waals surface area contributed by atoms with Gasteiger partial charge >= 0.3 is 0 Å². The van der Waals surface area contributed by atoms with Crippen molar-refractivity contribution >= 4 is 17.5 Å². The van der Waals surface area contributed by atoms with Crippen LogP contribution in [0.3, 0.4) is 0 Å². The van der Waals surface area contributed by atoms with E-state index in [-0.39, 0.29) is 23.8 Å². The number of piperidine rings is 1. The molecule has 0 unspecified atom stereocenters. The number of benzene rings is 2. The predicted molar refractivity (Wildman–Crippen MR) is 120 cm³/mol. The summed E-state index contributed by atoms with van der Waals surface area (Å²) < 4.78 is 5.60. The Hall–Kier alpha value is -2.82. The second kappa shape index (κ2) is 9.33. The van der Waals surface area contributed by atoms with Crippen LogP contribution in [0.1, 0.15) is 56.5 Å². The Labute approximate surface area is 179 Å². The van der Waals surface area contributed by atoms with Gasteiger partial charge in [-0.3, -0.25) is 9.59 Å². The van der Waals surface area contributed by atoms with E-state index in [2.05, 4.69) is 33.0 Å². The van der Waals surface area contributed by atoms with Gasteiger partial charge in [0.2, 0.25) is 0 Å². The lowest BCUT2D eigenvalue weighted by Gasteiger charge is -2.30. The van der Waals surface area contributed by atoms with Crippen molar-refractivity contribution in [2.75, 3.05) is 25.0 Å². The molecule has 0 spiro atoms. The Kier molecular flexibility index (Phi) is 6.80. The van der Waals surface area contributed by atoms with Gasteiger partial charge in [-0.05, 0) is 60.1 Å². The molecule has 0 atom stereocenters. The molecule has 2 amide bonds. The van der Waals surface area contributed by atoms with Crippen LogP contribution in [-0.2, 0) is 10.2 Å². The molecule has 2 aromatic rings. The normalized spacial score (nSPS) is 15.0. The van der Waals surface area contributed by atoms with E-state index in [9.17, 15) is 9.59 Å². The minimum absolute atomic E-state index is 0.0215. The standard InChI is InChI=1S/C25H32N2O3/c1-18-12-14-27(15-13-18)24(29)19-6-5-7-21(16-19)26-23(28)17-30-22-10-8-20(9-11-22)25(2,3)4/h5-11,16,18H,12-15,17H2,1-4H3,(H,26,28). The van der Waals surface area contributed by atoms with Gasteiger partial charge in [0, 0.05) is 24.3 Å². The Morgan fingerprint density at radius 2 is 1.73 bits per heavy atom. The maximum absolute atomic E-state index is 12.7. The van der Waals surface area contributed by atoms with E-state index in [1.165, 1.54) is 5.56 Å². The highest BCUT2D eigenvalue weighted by Gasteiger charge is 2.21. The topological polar surface area (TPSA) is 58.6 Å². The number of nitrogens with zero attached hydrogens (tertiary/aromatic N) is 1. The quantitative estimate of drug-likeness (QED) is 0.768. The molecule has 0 bridgehead atoms. The molecule has 5 nitrogen and oxygen atoms in total. The minimum Gasteiger partial charge on any atom is -0.484 e. The largest absolute Gasteiger partial charge is 0.484 e. The lowest BCUT2D eigenvalue weighted by atomic mass is 9.87. The molecule has 160 valence electrons. The Bertz CT molecular complexity index is 876. The van der Waals surface area contributed by atoms with Gasteiger partial charge in [0.1, 0.15) is 5.75 Å². The van der Waals surface area contributed by atoms with E-state index in [0.717, 1.165) is 25.9 Å². The summed E-state index contributed by atoms with van der Waals surface area (Å²) in [6, 6.07) is 14.9. The van der Waals surface area contributed by atoms with E-state index in [0.29, 0.717) is 22.9 Å². The molecule has 1 aliphatic heterocycles. The molecule has 5 heteroatoms. The molecule has 0 aliphatic carbocycles. The molecule has 1 N–H and O–H groups in total. The fourth-order valence-corrected chi connectivity index (χ4v) is 3.52. The third kappa shape index (κ3) is 5.85. The Morgan fingerprint density at radius 3 is 2.37 bits per heavy atom. The SMILES string of the molecule is CC1CCN(C(=O)c2cccc(NC(=O)COc3ccc(C(C)(C)C)cc3)c2)CC1. The number of carbonyl (C=O) groups excluding carboxylic acids is 2. The van der Waals surface area contributed by atoms with Gasteiger partial charge in [0.15, 0.2) is 6.61 Å². The number of carbonyl (C=O) groups is 2. The van der Waals surface area contributed by atoms with E-state index < -0.39 is 0 Å². The lowest BCUT2D eigenvalue weighted by molar-refractivity contribution is -0.118. The highest BCUT2D eigenvalue weighted by Crippen LogP contribution is 2.24. The maximum atomic E-state index is 12.7. The van der Waals surface area contributed by atoms with Gasteiger partial charge in [-0.15, -0.1) is 0 Å². The molecule has 0 aromatic heterocycles. The second-order valence-electron chi connectivity index (χ2n) is 9.17. The van der Waals surface area contributed by atoms with Crippen LogP contribution in [-0.4, -0.2) is 36.4 Å². The number of rotatable bonds is 5. The molecule has 1 saturated heterocycles. The van der Waals surface area contributed by atoms with Crippen LogP contribution in [0.2, 0.25) is 0 Å². The van der Waals surface area contributed by atoms with Gasteiger partial charge in [0.25, 0.3) is 11.8 Å². The van der Waals surface area contributed by atoms with Crippen molar-refractivity contribution in [1.82, 2.24) is 4.90 Å². The predicted octanol–water partition coefficient (Wildman–Crippen LogP) is 4.87. The van der Waals surface area contributed by atoms with Gasteiger partial charge in [-0.1, -0.05) is 45.9 Å². The van der Waals surface area contributed by atoms with Crippen LogP contribution in [0.15, 0.2) is 48.5 Å². The van der Waals surface area contributed by atoms with E-state index in [4.69, 9.17) is 4.74 Å². The lowest BCUT2D eigenvalue weighted by Crippen LogP contribution is -2.37. The number of likely N-dealkylation sites (tertiary alicyclic amines) is 1. The smallest absolute Gasteiger partial charge is 0.262 e. The maximum Gasteiger partial charge on any atom is 0.262 e. The molecule has 0 saturated carbocycles. The van der Waals surface area contributed by atoms with Gasteiger partial charge < -0.3 is 15.0 Å². The van der Waals surface area contributed by atoms with Crippen LogP contribution >= 0.6 is 0 Å². The first-order valence-corrected chi connectivity index (χ1v) is 10.6. The van der Waals surface area contributed by atoms with Gasteiger partial charge in [-0.2, -0.15) is 0 Å². The van der Waals surface area contributed by atoms with Crippen LogP contribution in [0.5, 0.6) is 5.75 Å². The molecular weight excluding hydrogens is 376 g/mol. The Morgan fingerprint density at radius 1 is 1.07 bits per heavy atom. The van der Waals surface area contributed by atoms with Crippen molar-refractivity contribution in [2.45, 2.75) is 46.0 Å². The second-order valence-corrected chi connectivity index (χ2v) is 9.17. The Balaban J connectivity index is 1.54. The van der Waals surface area contributed by atoms with Crippen LogP contribution in [0.25, 0.3) is 0 Å². The molecular formula is C25H32N2O3. The molecule has 3 rings (SSSR count). The summed E-state index contributed by atoms with van der Waals surface area (Å²) in [6.45, 7) is 10.2. The van der Waals surface area contributed by atoms with E-state index >= 15 is 0 Å². The minimum atomic E-state index is -0.258. The zero-order valence-corrected chi connectivity index (χ0v) is 18.4. The number of nitrogens with one attached hydrogen (secondary N) is 1. The number of hydrogen-bond acceptors (Lipinski definition) is 3. The summed E-state index contributed by atoms with van der Waals surface area (Å²) in [5.74, 6) is 1.09. The summed E-state index contributed by atoms with van der Waals surface area (Å²) >= 11 is 0. The molecule has 2 aromatic carbocycles. The van der Waals surface area contributed by atoms with Crippen molar-refractivity contribution in [3.8, 4) is 5.75 Å². The van der Waals surface area contributed by atoms with Crippen LogP contribution < -0.4 is 10.1 Å². The highest BCUT2D eigenvalue weighted by molar-refractivity contribution is 5.97. The molecule has 1 fully saturated rings. The van der Waals surface area contributed by atoms with E-state index in [1.807, 2.05) is 29.2 Å². The van der Waals surface area contributed by atoms with Crippen molar-refractivity contribution in [1.29, 1.82) is 0 Å². The van der Waals surface area contributed by atoms with Crippen molar-refractivity contribution in [3.05, 3.63) is 59.7 Å². The number of ether oxygens (including phenoxy) is 1. The molecule has 1 heterocycles. The first kappa shape index (κ1) is 21.9. The third-order valence-electron chi connectivity index (χ3n) is 5.55. The van der Waals surface area contributed by atoms with E-state index in [1.54, 1.807) is 24.3 Å². The summed E-state index contributed by atoms with van der Waals surface area (Å²) in [4.78, 5) is 26.9. The highest BCUT2D eigenvalue weighted by atomic mass is 16.5. The van der Waals surface area contributed by atoms with Crippen LogP contribution in [0, 0.1) is 5.92 Å². The first-order valence-electron chi connectivity index (χ1n) is 10.6. The average molecular weight is 409 g/mol. The summed E-state index contributed by atoms with van der Waals surface area (Å²) in [6.07, 6.45) is 2.08. The van der Waals surface area contributed by atoms with Crippen molar-refractivity contribution in [2.24, 2.45) is 5.92 Å². The molecule has 1 aliphatic rings. The monoisotopic (exact) mass is 408 g/mol. The molecule has 0 radical (unpaired) electrons. The summed E-state index contributed by atoms with van der Waals surface area (Å²) in [5, 5.41) is 2.82. The fourth-order valence-electron chi connectivity index (χ4n) is 3.52. The van der Waals surface area contributed by atoms with Gasteiger partial charge in [0.05, 0.1) is 0 Å². The first-order chi connectivity index (χ1) is 14.2. The fraction of sp³-hybridized carbons (Fsp3) is 0.440. The zero-order chi connectivity index (χ0) is 21.7.